The average molecular weight is 290 g/mol. The summed E-state index contributed by atoms with van der Waals surface area (Å²) in [6.07, 6.45) is 1.68. The molecule has 1 amide bonds. The van der Waals surface area contributed by atoms with Crippen molar-refractivity contribution in [3.63, 3.8) is 0 Å². The number of aromatic nitrogens is 2. The molecule has 0 radical (unpaired) electrons. The van der Waals surface area contributed by atoms with Crippen LogP contribution in [0.5, 0.6) is 0 Å². The van der Waals surface area contributed by atoms with Gasteiger partial charge in [-0.3, -0.25) is 4.79 Å². The van der Waals surface area contributed by atoms with Gasteiger partial charge in [-0.25, -0.2) is 0 Å². The molecule has 0 bridgehead atoms. The number of nitrogens with two attached hydrogens (primary N) is 1. The summed E-state index contributed by atoms with van der Waals surface area (Å²) in [4.78, 5) is 12.9. The summed E-state index contributed by atoms with van der Waals surface area (Å²) < 4.78 is 3.87. The van der Waals surface area contributed by atoms with Gasteiger partial charge in [-0.15, -0.1) is 5.10 Å². The van der Waals surface area contributed by atoms with Crippen molar-refractivity contribution in [1.82, 2.24) is 9.59 Å². The average Bonchev–Trinajstić information content (AvgIpc) is 2.88. The highest BCUT2D eigenvalue weighted by atomic mass is 32.1. The first-order chi connectivity index (χ1) is 9.54. The molecule has 0 aliphatic carbocycles. The molecule has 0 fully saturated rings. The predicted molar refractivity (Wildman–Crippen MR) is 82.2 cm³/mol. The third kappa shape index (κ3) is 2.80. The zero-order valence-corrected chi connectivity index (χ0v) is 12.7. The molecule has 3 N–H and O–H groups in total. The van der Waals surface area contributed by atoms with Crippen molar-refractivity contribution in [2.45, 2.75) is 33.6 Å². The summed E-state index contributed by atoms with van der Waals surface area (Å²) in [5.74, 6) is -0.191. The van der Waals surface area contributed by atoms with Gasteiger partial charge in [0.15, 0.2) is 0 Å². The molecule has 0 atom stereocenters. The maximum absolute atomic E-state index is 12.4. The van der Waals surface area contributed by atoms with Gasteiger partial charge >= 0.3 is 0 Å². The molecule has 0 saturated heterocycles. The first-order valence-electron chi connectivity index (χ1n) is 6.52. The summed E-state index contributed by atoms with van der Waals surface area (Å²) in [7, 11) is 0. The molecular weight excluding hydrogens is 272 g/mol. The normalized spacial score (nSPS) is 10.6. The number of nitrogens with zero attached hydrogens (tertiary/aromatic N) is 2. The van der Waals surface area contributed by atoms with Crippen LogP contribution in [0.4, 0.5) is 11.4 Å². The van der Waals surface area contributed by atoms with Crippen molar-refractivity contribution in [2.24, 2.45) is 0 Å². The number of aryl methyl sites for hydroxylation is 2. The van der Waals surface area contributed by atoms with Crippen LogP contribution in [0.25, 0.3) is 0 Å². The van der Waals surface area contributed by atoms with E-state index in [2.05, 4.69) is 14.9 Å². The summed E-state index contributed by atoms with van der Waals surface area (Å²) in [6.45, 7) is 5.98. The smallest absolute Gasteiger partial charge is 0.269 e. The van der Waals surface area contributed by atoms with Crippen molar-refractivity contribution in [3.8, 4) is 0 Å². The molecule has 1 heterocycles. The minimum atomic E-state index is -0.191. The fraction of sp³-hybridized carbons (Fsp3) is 0.357. The standard InChI is InChI=1S/C14H18N4OS/c1-4-5-11-13(20-18-17-11)14(19)16-12-9(3)8(2)6-7-10(12)15/h6-7H,4-5,15H2,1-3H3,(H,16,19). The van der Waals surface area contributed by atoms with Gasteiger partial charge < -0.3 is 11.1 Å². The Morgan fingerprint density at radius 1 is 1.40 bits per heavy atom. The van der Waals surface area contributed by atoms with Crippen molar-refractivity contribution < 1.29 is 4.79 Å². The van der Waals surface area contributed by atoms with Gasteiger partial charge in [0.2, 0.25) is 0 Å². The number of nitrogen functional groups attached to an aromatic ring is 1. The van der Waals surface area contributed by atoms with Crippen LogP contribution < -0.4 is 11.1 Å². The first kappa shape index (κ1) is 14.5. The Labute approximate surface area is 122 Å². The molecule has 0 unspecified atom stereocenters. The van der Waals surface area contributed by atoms with E-state index in [0.29, 0.717) is 16.3 Å². The predicted octanol–water partition coefficient (Wildman–Crippen LogP) is 2.94. The zero-order chi connectivity index (χ0) is 14.7. The summed E-state index contributed by atoms with van der Waals surface area (Å²) in [6, 6.07) is 3.74. The minimum Gasteiger partial charge on any atom is -0.397 e. The lowest BCUT2D eigenvalue weighted by Crippen LogP contribution is -2.15. The highest BCUT2D eigenvalue weighted by Crippen LogP contribution is 2.27. The van der Waals surface area contributed by atoms with Gasteiger partial charge in [-0.1, -0.05) is 23.9 Å². The molecule has 5 nitrogen and oxygen atoms in total. The molecule has 0 aliphatic rings. The SMILES string of the molecule is CCCc1nnsc1C(=O)Nc1c(N)ccc(C)c1C. The quantitative estimate of drug-likeness (QED) is 0.848. The number of amides is 1. The monoisotopic (exact) mass is 290 g/mol. The van der Waals surface area contributed by atoms with E-state index >= 15 is 0 Å². The van der Waals surface area contributed by atoms with E-state index in [1.165, 1.54) is 0 Å². The molecule has 0 aliphatic heterocycles. The highest BCUT2D eigenvalue weighted by Gasteiger charge is 2.17. The molecular formula is C14H18N4OS. The number of carbonyl (C=O) groups is 1. The number of carbonyl (C=O) groups excluding carboxylic acids is 1. The van der Waals surface area contributed by atoms with Crippen LogP contribution in [0.15, 0.2) is 12.1 Å². The largest absolute Gasteiger partial charge is 0.397 e. The van der Waals surface area contributed by atoms with Crippen molar-refractivity contribution in [3.05, 3.63) is 33.8 Å². The van der Waals surface area contributed by atoms with Crippen LogP contribution in [-0.2, 0) is 6.42 Å². The molecule has 1 aromatic carbocycles. The lowest BCUT2D eigenvalue weighted by Gasteiger charge is -2.12. The van der Waals surface area contributed by atoms with Crippen LogP contribution >= 0.6 is 11.5 Å². The van der Waals surface area contributed by atoms with Crippen molar-refractivity contribution >= 4 is 28.8 Å². The Bertz CT molecular complexity index is 636. The third-order valence-electron chi connectivity index (χ3n) is 3.26. The Morgan fingerprint density at radius 3 is 2.85 bits per heavy atom. The van der Waals surface area contributed by atoms with Gasteiger partial charge in [0, 0.05) is 0 Å². The molecule has 20 heavy (non-hydrogen) atoms. The lowest BCUT2D eigenvalue weighted by molar-refractivity contribution is 0.102. The topological polar surface area (TPSA) is 80.9 Å². The Balaban J connectivity index is 2.28. The maximum Gasteiger partial charge on any atom is 0.269 e. The van der Waals surface area contributed by atoms with Crippen LogP contribution in [0.2, 0.25) is 0 Å². The maximum atomic E-state index is 12.4. The molecule has 2 aromatic rings. The second-order valence-electron chi connectivity index (χ2n) is 4.72. The van der Waals surface area contributed by atoms with Crippen LogP contribution in [0.1, 0.15) is 39.8 Å². The van der Waals surface area contributed by atoms with Crippen LogP contribution in [0.3, 0.4) is 0 Å². The lowest BCUT2D eigenvalue weighted by atomic mass is 10.1. The van der Waals surface area contributed by atoms with Gasteiger partial charge in [0.25, 0.3) is 5.91 Å². The third-order valence-corrected chi connectivity index (χ3v) is 4.02. The second-order valence-corrected chi connectivity index (χ2v) is 5.48. The van der Waals surface area contributed by atoms with E-state index in [-0.39, 0.29) is 5.91 Å². The van der Waals surface area contributed by atoms with E-state index in [4.69, 9.17) is 5.73 Å². The van der Waals surface area contributed by atoms with Gasteiger partial charge in [-0.2, -0.15) is 0 Å². The number of rotatable bonds is 4. The minimum absolute atomic E-state index is 0.191. The summed E-state index contributed by atoms with van der Waals surface area (Å²) in [5.41, 5.74) is 10.0. The van der Waals surface area contributed by atoms with Gasteiger partial charge in [0.1, 0.15) is 4.88 Å². The van der Waals surface area contributed by atoms with E-state index in [0.717, 1.165) is 41.2 Å². The fourth-order valence-electron chi connectivity index (χ4n) is 1.95. The molecule has 2 rings (SSSR count). The Kier molecular flexibility index (Phi) is 4.34. The van der Waals surface area contributed by atoms with E-state index in [1.807, 2.05) is 26.8 Å². The molecule has 0 spiro atoms. The molecule has 0 saturated carbocycles. The highest BCUT2D eigenvalue weighted by molar-refractivity contribution is 7.08. The van der Waals surface area contributed by atoms with E-state index in [9.17, 15) is 4.79 Å². The second kappa shape index (κ2) is 6.00. The fourth-order valence-corrected chi connectivity index (χ4v) is 2.56. The number of hydrogen-bond acceptors (Lipinski definition) is 5. The van der Waals surface area contributed by atoms with Crippen molar-refractivity contribution in [2.75, 3.05) is 11.1 Å². The molecule has 106 valence electrons. The molecule has 1 aromatic heterocycles. The number of anilines is 2. The number of nitrogens with one attached hydrogen (secondary N) is 1. The summed E-state index contributed by atoms with van der Waals surface area (Å²) >= 11 is 1.12. The first-order valence-corrected chi connectivity index (χ1v) is 7.30. The van der Waals surface area contributed by atoms with Crippen molar-refractivity contribution in [1.29, 1.82) is 0 Å². The van der Waals surface area contributed by atoms with E-state index < -0.39 is 0 Å². The van der Waals surface area contributed by atoms with Crippen LogP contribution in [-0.4, -0.2) is 15.5 Å². The van der Waals surface area contributed by atoms with E-state index in [1.54, 1.807) is 6.07 Å². The number of hydrogen-bond donors (Lipinski definition) is 2. The van der Waals surface area contributed by atoms with Gasteiger partial charge in [-0.05, 0) is 49.0 Å². The van der Waals surface area contributed by atoms with Crippen LogP contribution in [0, 0.1) is 13.8 Å². The zero-order valence-electron chi connectivity index (χ0n) is 11.9. The summed E-state index contributed by atoms with van der Waals surface area (Å²) in [5, 5.41) is 6.89. The Hall–Kier alpha value is -1.95. The molecule has 6 heteroatoms. The van der Waals surface area contributed by atoms with Gasteiger partial charge in [0.05, 0.1) is 17.1 Å². The number of benzene rings is 1. The Morgan fingerprint density at radius 2 is 2.15 bits per heavy atom.